The highest BCUT2D eigenvalue weighted by Gasteiger charge is 2.35. The van der Waals surface area contributed by atoms with Gasteiger partial charge in [-0.1, -0.05) is 35.9 Å². The summed E-state index contributed by atoms with van der Waals surface area (Å²) >= 11 is 6.19. The second-order valence-corrected chi connectivity index (χ2v) is 7.60. The van der Waals surface area contributed by atoms with E-state index in [-0.39, 0.29) is 27.5 Å². The fraction of sp³-hybridized carbons (Fsp3) is 0.0417. The van der Waals surface area contributed by atoms with Crippen LogP contribution in [0, 0.1) is 0 Å². The maximum Gasteiger partial charge on any atom is 0.435 e. The third kappa shape index (κ3) is 4.79. The second kappa shape index (κ2) is 9.03. The molecule has 1 amide bonds. The fourth-order valence-electron chi connectivity index (χ4n) is 3.22. The number of rotatable bonds is 5. The summed E-state index contributed by atoms with van der Waals surface area (Å²) < 4.78 is 41.2. The number of para-hydroxylation sites is 1. The highest BCUT2D eigenvalue weighted by atomic mass is 35.5. The summed E-state index contributed by atoms with van der Waals surface area (Å²) in [7, 11) is 0. The zero-order valence-electron chi connectivity index (χ0n) is 17.2. The standard InChI is InChI=1S/C24H15ClF3N3O3/c25-18-3-1-2-4-19(18)31-20(13-21(30-31)24(26,27)28)14-5-7-15(8-6-14)22(32)29-17-11-9-16(10-12-17)23(33)34/h1-13H,(H,29,32)(H,33,34). The molecule has 0 spiro atoms. The average Bonchev–Trinajstić information content (AvgIpc) is 3.26. The number of nitrogens with one attached hydrogen (secondary N) is 1. The van der Waals surface area contributed by atoms with Crippen molar-refractivity contribution in [1.82, 2.24) is 9.78 Å². The predicted molar refractivity (Wildman–Crippen MR) is 120 cm³/mol. The minimum absolute atomic E-state index is 0.0794. The van der Waals surface area contributed by atoms with Crippen LogP contribution in [0.4, 0.5) is 18.9 Å². The van der Waals surface area contributed by atoms with Gasteiger partial charge in [0.1, 0.15) is 0 Å². The molecule has 0 saturated carbocycles. The van der Waals surface area contributed by atoms with Gasteiger partial charge in [0.05, 0.1) is 22.0 Å². The molecule has 10 heteroatoms. The molecular weight excluding hydrogens is 471 g/mol. The van der Waals surface area contributed by atoms with Gasteiger partial charge in [0.15, 0.2) is 5.69 Å². The van der Waals surface area contributed by atoms with Crippen LogP contribution in [0.1, 0.15) is 26.4 Å². The molecule has 0 radical (unpaired) electrons. The van der Waals surface area contributed by atoms with Gasteiger partial charge in [-0.15, -0.1) is 0 Å². The van der Waals surface area contributed by atoms with E-state index in [9.17, 15) is 22.8 Å². The number of carboxylic acids is 1. The van der Waals surface area contributed by atoms with Gasteiger partial charge in [0.2, 0.25) is 0 Å². The molecule has 0 bridgehead atoms. The van der Waals surface area contributed by atoms with Crippen molar-refractivity contribution in [2.24, 2.45) is 0 Å². The third-order valence-corrected chi connectivity index (χ3v) is 5.23. The summed E-state index contributed by atoms with van der Waals surface area (Å²) in [5.41, 5.74) is 0.476. The number of hydrogen-bond donors (Lipinski definition) is 2. The number of aromatic carboxylic acids is 1. The van der Waals surface area contributed by atoms with Gasteiger partial charge in [0.25, 0.3) is 5.91 Å². The van der Waals surface area contributed by atoms with Crippen molar-refractivity contribution < 1.29 is 27.9 Å². The van der Waals surface area contributed by atoms with E-state index in [0.717, 1.165) is 10.7 Å². The van der Waals surface area contributed by atoms with Crippen LogP contribution in [0.2, 0.25) is 5.02 Å². The van der Waals surface area contributed by atoms with Crippen molar-refractivity contribution in [2.75, 3.05) is 5.32 Å². The van der Waals surface area contributed by atoms with Crippen LogP contribution in [0.5, 0.6) is 0 Å². The zero-order valence-corrected chi connectivity index (χ0v) is 17.9. The molecule has 6 nitrogen and oxygen atoms in total. The van der Waals surface area contributed by atoms with Gasteiger partial charge in [-0.05, 0) is 54.6 Å². The number of benzene rings is 3. The molecule has 4 rings (SSSR count). The first kappa shape index (κ1) is 23.1. The van der Waals surface area contributed by atoms with E-state index in [2.05, 4.69) is 10.4 Å². The molecule has 0 atom stereocenters. The lowest BCUT2D eigenvalue weighted by molar-refractivity contribution is -0.141. The molecule has 1 heterocycles. The van der Waals surface area contributed by atoms with E-state index in [0.29, 0.717) is 11.3 Å². The average molecular weight is 486 g/mol. The number of carbonyl (C=O) groups is 2. The molecule has 34 heavy (non-hydrogen) atoms. The Balaban J connectivity index is 1.63. The fourth-order valence-corrected chi connectivity index (χ4v) is 3.44. The lowest BCUT2D eigenvalue weighted by Gasteiger charge is -2.10. The van der Waals surface area contributed by atoms with E-state index in [4.69, 9.17) is 16.7 Å². The molecule has 3 aromatic carbocycles. The van der Waals surface area contributed by atoms with E-state index in [1.807, 2.05) is 0 Å². The third-order valence-electron chi connectivity index (χ3n) is 4.91. The monoisotopic (exact) mass is 485 g/mol. The van der Waals surface area contributed by atoms with Crippen LogP contribution in [0.15, 0.2) is 78.9 Å². The number of carbonyl (C=O) groups excluding carboxylic acids is 1. The number of aromatic nitrogens is 2. The van der Waals surface area contributed by atoms with E-state index < -0.39 is 23.7 Å². The van der Waals surface area contributed by atoms with Crippen LogP contribution in [-0.2, 0) is 6.18 Å². The number of anilines is 1. The number of alkyl halides is 3. The minimum atomic E-state index is -4.66. The predicted octanol–water partition coefficient (Wildman–Crippen LogP) is 6.16. The normalized spacial score (nSPS) is 11.3. The quantitative estimate of drug-likeness (QED) is 0.354. The van der Waals surface area contributed by atoms with Crippen molar-refractivity contribution in [3.63, 3.8) is 0 Å². The highest BCUT2D eigenvalue weighted by Crippen LogP contribution is 2.34. The molecule has 0 fully saturated rings. The molecule has 4 aromatic rings. The van der Waals surface area contributed by atoms with Crippen molar-refractivity contribution in [2.45, 2.75) is 6.18 Å². The summed E-state index contributed by atoms with van der Waals surface area (Å²) in [5, 5.41) is 15.5. The lowest BCUT2D eigenvalue weighted by atomic mass is 10.1. The van der Waals surface area contributed by atoms with Crippen LogP contribution >= 0.6 is 11.6 Å². The summed E-state index contributed by atoms with van der Waals surface area (Å²) in [6, 6.07) is 18.9. The molecule has 2 N–H and O–H groups in total. The van der Waals surface area contributed by atoms with E-state index in [1.54, 1.807) is 24.3 Å². The SMILES string of the molecule is O=C(O)c1ccc(NC(=O)c2ccc(-c3cc(C(F)(F)F)nn3-c3ccccc3Cl)cc2)cc1. The Morgan fingerprint density at radius 2 is 1.53 bits per heavy atom. The molecule has 0 aliphatic heterocycles. The van der Waals surface area contributed by atoms with Gasteiger partial charge in [-0.3, -0.25) is 4.79 Å². The largest absolute Gasteiger partial charge is 0.478 e. The van der Waals surface area contributed by atoms with Gasteiger partial charge in [-0.25, -0.2) is 9.48 Å². The summed E-state index contributed by atoms with van der Waals surface area (Å²) in [5.74, 6) is -1.55. The Morgan fingerprint density at radius 3 is 2.12 bits per heavy atom. The number of hydrogen-bond acceptors (Lipinski definition) is 3. The van der Waals surface area contributed by atoms with Crippen molar-refractivity contribution in [3.05, 3.63) is 101 Å². The number of carboxylic acid groups (broad SMARTS) is 1. The maximum absolute atomic E-state index is 13.4. The molecule has 1 aromatic heterocycles. The van der Waals surface area contributed by atoms with Crippen molar-refractivity contribution in [3.8, 4) is 16.9 Å². The minimum Gasteiger partial charge on any atom is -0.478 e. The molecule has 0 saturated heterocycles. The topological polar surface area (TPSA) is 84.2 Å². The summed E-state index contributed by atoms with van der Waals surface area (Å²) in [6.45, 7) is 0. The maximum atomic E-state index is 13.4. The molecule has 0 unspecified atom stereocenters. The molecular formula is C24H15ClF3N3O3. The summed E-state index contributed by atoms with van der Waals surface area (Å²) in [4.78, 5) is 23.5. The van der Waals surface area contributed by atoms with Crippen LogP contribution in [0.25, 0.3) is 16.9 Å². The Hall–Kier alpha value is -4.11. The lowest BCUT2D eigenvalue weighted by Crippen LogP contribution is -2.12. The Labute approximate surface area is 196 Å². The van der Waals surface area contributed by atoms with Gasteiger partial charge in [0, 0.05) is 16.8 Å². The first-order valence-electron chi connectivity index (χ1n) is 9.81. The highest BCUT2D eigenvalue weighted by molar-refractivity contribution is 6.32. The van der Waals surface area contributed by atoms with Crippen LogP contribution < -0.4 is 5.32 Å². The Kier molecular flexibility index (Phi) is 6.12. The van der Waals surface area contributed by atoms with Crippen LogP contribution in [0.3, 0.4) is 0 Å². The Bertz CT molecular complexity index is 1360. The number of amides is 1. The molecule has 0 aliphatic carbocycles. The van der Waals surface area contributed by atoms with E-state index >= 15 is 0 Å². The smallest absolute Gasteiger partial charge is 0.435 e. The van der Waals surface area contributed by atoms with Crippen molar-refractivity contribution in [1.29, 1.82) is 0 Å². The molecule has 0 aliphatic rings. The number of halogens is 4. The second-order valence-electron chi connectivity index (χ2n) is 7.19. The van der Waals surface area contributed by atoms with Gasteiger partial charge < -0.3 is 10.4 Å². The van der Waals surface area contributed by atoms with Gasteiger partial charge in [-0.2, -0.15) is 18.3 Å². The van der Waals surface area contributed by atoms with Crippen LogP contribution in [-0.4, -0.2) is 26.8 Å². The Morgan fingerprint density at radius 1 is 0.912 bits per heavy atom. The van der Waals surface area contributed by atoms with E-state index in [1.165, 1.54) is 48.5 Å². The number of nitrogens with zero attached hydrogens (tertiary/aromatic N) is 2. The first-order chi connectivity index (χ1) is 16.1. The zero-order chi connectivity index (χ0) is 24.5. The van der Waals surface area contributed by atoms with Gasteiger partial charge >= 0.3 is 12.1 Å². The summed E-state index contributed by atoms with van der Waals surface area (Å²) in [6.07, 6.45) is -4.66. The first-order valence-corrected chi connectivity index (χ1v) is 10.2. The molecule has 172 valence electrons. The van der Waals surface area contributed by atoms with Crippen molar-refractivity contribution >= 4 is 29.2 Å².